The number of hydrogen-bond donors (Lipinski definition) is 2. The first-order valence-electron chi connectivity index (χ1n) is 5.37. The Bertz CT molecular complexity index is 586. The minimum atomic E-state index is -3.37. The average molecular weight is 287 g/mol. The highest BCUT2D eigenvalue weighted by Crippen LogP contribution is 2.21. The molecule has 0 spiro atoms. The molecule has 1 aromatic rings. The first-order chi connectivity index (χ1) is 8.36. The van der Waals surface area contributed by atoms with E-state index in [1.807, 2.05) is 0 Å². The van der Waals surface area contributed by atoms with E-state index in [1.165, 1.54) is 0 Å². The van der Waals surface area contributed by atoms with Crippen LogP contribution in [0.3, 0.4) is 0 Å². The van der Waals surface area contributed by atoms with Gasteiger partial charge in [-0.25, -0.2) is 8.42 Å². The van der Waals surface area contributed by atoms with Crippen molar-refractivity contribution in [1.82, 2.24) is 0 Å². The van der Waals surface area contributed by atoms with Crippen molar-refractivity contribution in [3.8, 4) is 11.8 Å². The summed E-state index contributed by atoms with van der Waals surface area (Å²) in [5.41, 5.74) is 6.26. The molecule has 3 N–H and O–H groups in total. The molecular weight excluding hydrogens is 272 g/mol. The Labute approximate surface area is 113 Å². The van der Waals surface area contributed by atoms with E-state index in [0.29, 0.717) is 16.3 Å². The molecule has 0 saturated heterocycles. The Hall–Kier alpha value is -1.22. The SMILES string of the molecule is CC(C)S(=O)(=O)Nc1ccc(Cl)c(C#CCN)c1. The van der Waals surface area contributed by atoms with Gasteiger partial charge in [-0.2, -0.15) is 0 Å². The maximum Gasteiger partial charge on any atom is 0.235 e. The molecule has 1 aromatic carbocycles. The zero-order valence-electron chi connectivity index (χ0n) is 10.2. The van der Waals surface area contributed by atoms with Crippen LogP contribution in [0.5, 0.6) is 0 Å². The number of rotatable bonds is 3. The minimum Gasteiger partial charge on any atom is -0.320 e. The molecule has 0 heterocycles. The van der Waals surface area contributed by atoms with Crippen molar-refractivity contribution in [1.29, 1.82) is 0 Å². The van der Waals surface area contributed by atoms with Crippen molar-refractivity contribution in [2.75, 3.05) is 11.3 Å². The van der Waals surface area contributed by atoms with Gasteiger partial charge in [0.05, 0.1) is 16.8 Å². The number of hydrogen-bond acceptors (Lipinski definition) is 3. The van der Waals surface area contributed by atoms with Gasteiger partial charge in [0, 0.05) is 11.3 Å². The zero-order valence-corrected chi connectivity index (χ0v) is 11.8. The molecule has 0 aliphatic carbocycles. The quantitative estimate of drug-likeness (QED) is 0.832. The number of anilines is 1. The summed E-state index contributed by atoms with van der Waals surface area (Å²) >= 11 is 5.95. The van der Waals surface area contributed by atoms with Gasteiger partial charge in [0.25, 0.3) is 0 Å². The normalized spacial score (nSPS) is 10.9. The standard InChI is InChI=1S/C12H15ClN2O2S/c1-9(2)18(16,17)15-11-5-6-12(13)10(8-11)4-3-7-14/h5-6,8-9,15H,7,14H2,1-2H3. The molecule has 1 rings (SSSR count). The van der Waals surface area contributed by atoms with Gasteiger partial charge in [0.15, 0.2) is 0 Å². The van der Waals surface area contributed by atoms with E-state index in [4.69, 9.17) is 17.3 Å². The van der Waals surface area contributed by atoms with Crippen LogP contribution >= 0.6 is 11.6 Å². The van der Waals surface area contributed by atoms with Gasteiger partial charge < -0.3 is 5.73 Å². The Morgan fingerprint density at radius 3 is 2.67 bits per heavy atom. The molecule has 0 fully saturated rings. The van der Waals surface area contributed by atoms with Gasteiger partial charge in [0.1, 0.15) is 0 Å². The molecule has 0 radical (unpaired) electrons. The van der Waals surface area contributed by atoms with Gasteiger partial charge in [0.2, 0.25) is 10.0 Å². The maximum absolute atomic E-state index is 11.7. The lowest BCUT2D eigenvalue weighted by Gasteiger charge is -2.11. The monoisotopic (exact) mass is 286 g/mol. The molecule has 18 heavy (non-hydrogen) atoms. The third kappa shape index (κ3) is 3.91. The Morgan fingerprint density at radius 1 is 1.44 bits per heavy atom. The summed E-state index contributed by atoms with van der Waals surface area (Å²) in [6, 6.07) is 4.78. The van der Waals surface area contributed by atoms with Gasteiger partial charge in [-0.3, -0.25) is 4.72 Å². The highest BCUT2D eigenvalue weighted by atomic mass is 35.5. The van der Waals surface area contributed by atoms with E-state index in [-0.39, 0.29) is 6.54 Å². The fourth-order valence-electron chi connectivity index (χ4n) is 1.11. The molecular formula is C12H15ClN2O2S. The van der Waals surface area contributed by atoms with Crippen LogP contribution in [0.15, 0.2) is 18.2 Å². The number of benzene rings is 1. The minimum absolute atomic E-state index is 0.221. The number of sulfonamides is 1. The highest BCUT2D eigenvalue weighted by Gasteiger charge is 2.15. The van der Waals surface area contributed by atoms with Gasteiger partial charge in [-0.15, -0.1) is 0 Å². The van der Waals surface area contributed by atoms with Crippen molar-refractivity contribution in [2.24, 2.45) is 5.73 Å². The third-order valence-corrected chi connectivity index (χ3v) is 4.26. The van der Waals surface area contributed by atoms with Gasteiger partial charge in [-0.1, -0.05) is 23.4 Å². The first kappa shape index (κ1) is 14.8. The summed E-state index contributed by atoms with van der Waals surface area (Å²) in [5.74, 6) is 5.46. The Morgan fingerprint density at radius 2 is 2.11 bits per heavy atom. The molecule has 0 aromatic heterocycles. The van der Waals surface area contributed by atoms with Gasteiger partial charge in [-0.05, 0) is 32.0 Å². The zero-order chi connectivity index (χ0) is 13.8. The largest absolute Gasteiger partial charge is 0.320 e. The topological polar surface area (TPSA) is 72.2 Å². The molecule has 4 nitrogen and oxygen atoms in total. The molecule has 6 heteroatoms. The molecule has 0 aliphatic heterocycles. The summed E-state index contributed by atoms with van der Waals surface area (Å²) in [6.07, 6.45) is 0. The summed E-state index contributed by atoms with van der Waals surface area (Å²) in [5, 5.41) is -0.0461. The highest BCUT2D eigenvalue weighted by molar-refractivity contribution is 7.93. The van der Waals surface area contributed by atoms with Crippen molar-refractivity contribution in [2.45, 2.75) is 19.1 Å². The van der Waals surface area contributed by atoms with Crippen LogP contribution in [0.2, 0.25) is 5.02 Å². The molecule has 0 amide bonds. The summed E-state index contributed by atoms with van der Waals surface area (Å²) in [7, 11) is -3.37. The van der Waals surface area contributed by atoms with Crippen LogP contribution in [0.4, 0.5) is 5.69 Å². The predicted octanol–water partition coefficient (Wildman–Crippen LogP) is 1.80. The first-order valence-corrected chi connectivity index (χ1v) is 7.29. The lowest BCUT2D eigenvalue weighted by molar-refractivity contribution is 0.593. The summed E-state index contributed by atoms with van der Waals surface area (Å²) in [4.78, 5) is 0. The Balaban J connectivity index is 3.06. The van der Waals surface area contributed by atoms with Crippen LogP contribution < -0.4 is 10.5 Å². The Kier molecular flexibility index (Phi) is 5.03. The number of nitrogens with one attached hydrogen (secondary N) is 1. The lowest BCUT2D eigenvalue weighted by atomic mass is 10.2. The average Bonchev–Trinajstić information content (AvgIpc) is 2.29. The van der Waals surface area contributed by atoms with Crippen molar-refractivity contribution in [3.05, 3.63) is 28.8 Å². The molecule has 0 bridgehead atoms. The van der Waals surface area contributed by atoms with Gasteiger partial charge >= 0.3 is 0 Å². The second-order valence-electron chi connectivity index (χ2n) is 3.90. The maximum atomic E-state index is 11.7. The van der Waals surface area contributed by atoms with Crippen LogP contribution in [-0.4, -0.2) is 20.2 Å². The van der Waals surface area contributed by atoms with Crippen LogP contribution in [-0.2, 0) is 10.0 Å². The van der Waals surface area contributed by atoms with Crippen molar-refractivity contribution < 1.29 is 8.42 Å². The predicted molar refractivity (Wildman–Crippen MR) is 75.1 cm³/mol. The van der Waals surface area contributed by atoms with E-state index in [0.717, 1.165) is 0 Å². The van der Waals surface area contributed by atoms with E-state index >= 15 is 0 Å². The molecule has 98 valence electrons. The summed E-state index contributed by atoms with van der Waals surface area (Å²) < 4.78 is 25.9. The number of halogens is 1. The molecule has 0 unspecified atom stereocenters. The fraction of sp³-hybridized carbons (Fsp3) is 0.333. The lowest BCUT2D eigenvalue weighted by Crippen LogP contribution is -2.22. The third-order valence-electron chi connectivity index (χ3n) is 2.17. The van der Waals surface area contributed by atoms with E-state index in [9.17, 15) is 8.42 Å². The fourth-order valence-corrected chi connectivity index (χ4v) is 1.97. The second-order valence-corrected chi connectivity index (χ2v) is 6.54. The van der Waals surface area contributed by atoms with E-state index in [1.54, 1.807) is 32.0 Å². The smallest absolute Gasteiger partial charge is 0.235 e. The molecule has 0 aliphatic rings. The summed E-state index contributed by atoms with van der Waals surface area (Å²) in [6.45, 7) is 3.43. The van der Waals surface area contributed by atoms with Crippen molar-refractivity contribution in [3.63, 3.8) is 0 Å². The van der Waals surface area contributed by atoms with Crippen LogP contribution in [0.1, 0.15) is 19.4 Å². The molecule has 0 atom stereocenters. The van der Waals surface area contributed by atoms with Crippen molar-refractivity contribution >= 4 is 27.3 Å². The van der Waals surface area contributed by atoms with E-state index < -0.39 is 15.3 Å². The van der Waals surface area contributed by atoms with E-state index in [2.05, 4.69) is 16.6 Å². The second kappa shape index (κ2) is 6.10. The molecule has 0 saturated carbocycles. The van der Waals surface area contributed by atoms with Crippen LogP contribution in [0, 0.1) is 11.8 Å². The van der Waals surface area contributed by atoms with Crippen LogP contribution in [0.25, 0.3) is 0 Å². The number of nitrogens with two attached hydrogens (primary N) is 1.